The smallest absolute Gasteiger partial charge is 0.320 e. The van der Waals surface area contributed by atoms with Gasteiger partial charge in [0.1, 0.15) is 5.71 Å². The fourth-order valence-electron chi connectivity index (χ4n) is 3.86. The number of halogens is 2. The third-order valence-electron chi connectivity index (χ3n) is 5.30. The summed E-state index contributed by atoms with van der Waals surface area (Å²) in [6.07, 6.45) is 1.78. The number of alkyl halides is 2. The fourth-order valence-corrected chi connectivity index (χ4v) is 3.86. The van der Waals surface area contributed by atoms with Crippen LogP contribution in [0.4, 0.5) is 14.5 Å². The van der Waals surface area contributed by atoms with E-state index in [1.807, 2.05) is 31.2 Å². The maximum absolute atomic E-state index is 13.6. The van der Waals surface area contributed by atoms with Gasteiger partial charge in [0.05, 0.1) is 11.0 Å². The van der Waals surface area contributed by atoms with Gasteiger partial charge in [-0.05, 0) is 50.5 Å². The maximum Gasteiger partial charge on any atom is 0.320 e. The molecule has 6 nitrogen and oxygen atoms in total. The average Bonchev–Trinajstić information content (AvgIpc) is 3.13. The number of hydrogen-bond acceptors (Lipinski definition) is 4. The Hall–Kier alpha value is -3.29. The average molecular weight is 412 g/mol. The largest absolute Gasteiger partial charge is 0.385 e. The van der Waals surface area contributed by atoms with Gasteiger partial charge in [0, 0.05) is 11.7 Å². The van der Waals surface area contributed by atoms with Crippen molar-refractivity contribution in [3.8, 4) is 0 Å². The first-order valence-corrected chi connectivity index (χ1v) is 9.79. The zero-order chi connectivity index (χ0) is 21.3. The third kappa shape index (κ3) is 3.65. The van der Waals surface area contributed by atoms with E-state index in [1.165, 1.54) is 6.92 Å². The summed E-state index contributed by atoms with van der Waals surface area (Å²) in [7, 11) is 0. The van der Waals surface area contributed by atoms with Crippen LogP contribution in [0.15, 0.2) is 53.7 Å². The van der Waals surface area contributed by atoms with Crippen LogP contribution in [0.3, 0.4) is 0 Å². The SMILES string of the molecule is C/C(=N\OCC(=O)N1c2ccccc2CCC1C)c1nc2ccccc2n1C(F)F. The van der Waals surface area contributed by atoms with E-state index in [1.54, 1.807) is 29.2 Å². The summed E-state index contributed by atoms with van der Waals surface area (Å²) in [5, 5.41) is 3.90. The number of nitrogens with zero attached hydrogens (tertiary/aromatic N) is 4. The van der Waals surface area contributed by atoms with Crippen LogP contribution in [0.25, 0.3) is 11.0 Å². The van der Waals surface area contributed by atoms with E-state index in [9.17, 15) is 13.6 Å². The summed E-state index contributed by atoms with van der Waals surface area (Å²) in [4.78, 5) is 24.0. The Bertz CT molecular complexity index is 1110. The van der Waals surface area contributed by atoms with Gasteiger partial charge >= 0.3 is 6.55 Å². The lowest BCUT2D eigenvalue weighted by atomic mass is 9.96. The molecule has 0 aliphatic carbocycles. The maximum atomic E-state index is 13.6. The lowest BCUT2D eigenvalue weighted by Crippen LogP contribution is -2.43. The zero-order valence-electron chi connectivity index (χ0n) is 16.8. The minimum atomic E-state index is -2.77. The highest BCUT2D eigenvalue weighted by molar-refractivity contribution is 5.99. The minimum Gasteiger partial charge on any atom is -0.385 e. The van der Waals surface area contributed by atoms with Gasteiger partial charge in [-0.25, -0.2) is 4.98 Å². The molecule has 2 heterocycles. The van der Waals surface area contributed by atoms with Crippen LogP contribution in [0.5, 0.6) is 0 Å². The predicted octanol–water partition coefficient (Wildman–Crippen LogP) is 4.54. The van der Waals surface area contributed by atoms with E-state index >= 15 is 0 Å². The highest BCUT2D eigenvalue weighted by atomic mass is 19.3. The Morgan fingerprint density at radius 3 is 2.77 bits per heavy atom. The fraction of sp³-hybridized carbons (Fsp3) is 0.318. The Morgan fingerprint density at radius 2 is 1.97 bits per heavy atom. The first kappa shape index (κ1) is 20.0. The highest BCUT2D eigenvalue weighted by Crippen LogP contribution is 2.30. The zero-order valence-corrected chi connectivity index (χ0v) is 16.8. The number of carbonyl (C=O) groups excluding carboxylic acids is 1. The molecule has 0 bridgehead atoms. The molecule has 1 amide bonds. The molecule has 0 N–H and O–H groups in total. The van der Waals surface area contributed by atoms with Crippen molar-refractivity contribution in [1.29, 1.82) is 0 Å². The Morgan fingerprint density at radius 1 is 1.23 bits per heavy atom. The molecule has 0 saturated heterocycles. The lowest BCUT2D eigenvalue weighted by Gasteiger charge is -2.34. The summed E-state index contributed by atoms with van der Waals surface area (Å²) in [5.41, 5.74) is 2.93. The van der Waals surface area contributed by atoms with Gasteiger partial charge < -0.3 is 9.74 Å². The molecule has 4 rings (SSSR count). The molecule has 1 aliphatic rings. The van der Waals surface area contributed by atoms with Crippen molar-refractivity contribution >= 4 is 28.3 Å². The van der Waals surface area contributed by atoms with Crippen LogP contribution in [0.1, 0.15) is 38.2 Å². The molecule has 1 aromatic heterocycles. The van der Waals surface area contributed by atoms with Crippen LogP contribution < -0.4 is 4.90 Å². The van der Waals surface area contributed by atoms with Crippen LogP contribution in [0.2, 0.25) is 0 Å². The number of fused-ring (bicyclic) bond motifs is 2. The molecule has 2 aromatic carbocycles. The number of hydrogen-bond donors (Lipinski definition) is 0. The summed E-state index contributed by atoms with van der Waals surface area (Å²) in [5.74, 6) is -0.219. The van der Waals surface area contributed by atoms with E-state index in [2.05, 4.69) is 10.1 Å². The molecule has 3 aromatic rings. The second-order valence-corrected chi connectivity index (χ2v) is 7.30. The van der Waals surface area contributed by atoms with E-state index in [-0.39, 0.29) is 30.1 Å². The normalized spacial score (nSPS) is 16.8. The van der Waals surface area contributed by atoms with Crippen molar-refractivity contribution in [3.63, 3.8) is 0 Å². The summed E-state index contributed by atoms with van der Waals surface area (Å²) < 4.78 is 28.0. The molecule has 0 spiro atoms. The molecule has 1 unspecified atom stereocenters. The first-order valence-electron chi connectivity index (χ1n) is 9.79. The number of oxime groups is 1. The van der Waals surface area contributed by atoms with Crippen LogP contribution in [-0.4, -0.2) is 33.8 Å². The highest BCUT2D eigenvalue weighted by Gasteiger charge is 2.28. The number of anilines is 1. The Labute approximate surface area is 172 Å². The predicted molar refractivity (Wildman–Crippen MR) is 111 cm³/mol. The summed E-state index contributed by atoms with van der Waals surface area (Å²) in [6.45, 7) is 0.465. The van der Waals surface area contributed by atoms with Crippen LogP contribution in [-0.2, 0) is 16.1 Å². The van der Waals surface area contributed by atoms with Crippen molar-refractivity contribution in [3.05, 3.63) is 59.9 Å². The molecule has 0 saturated carbocycles. The van der Waals surface area contributed by atoms with E-state index in [4.69, 9.17) is 4.84 Å². The Balaban J connectivity index is 1.52. The third-order valence-corrected chi connectivity index (χ3v) is 5.30. The number of carbonyl (C=O) groups is 1. The second-order valence-electron chi connectivity index (χ2n) is 7.30. The van der Waals surface area contributed by atoms with Crippen molar-refractivity contribution in [2.45, 2.75) is 39.3 Å². The van der Waals surface area contributed by atoms with Gasteiger partial charge in [0.15, 0.2) is 12.4 Å². The minimum absolute atomic E-state index is 0.00957. The molecule has 1 aliphatic heterocycles. The van der Waals surface area contributed by atoms with Gasteiger partial charge in [-0.1, -0.05) is 35.5 Å². The van der Waals surface area contributed by atoms with Gasteiger partial charge in [-0.2, -0.15) is 8.78 Å². The summed E-state index contributed by atoms with van der Waals surface area (Å²) >= 11 is 0. The van der Waals surface area contributed by atoms with E-state index in [0.29, 0.717) is 11.0 Å². The topological polar surface area (TPSA) is 59.7 Å². The van der Waals surface area contributed by atoms with Crippen LogP contribution in [0, 0.1) is 0 Å². The number of aryl methyl sites for hydroxylation is 1. The number of aromatic nitrogens is 2. The molecule has 30 heavy (non-hydrogen) atoms. The van der Waals surface area contributed by atoms with Gasteiger partial charge in [0.2, 0.25) is 0 Å². The molecular weight excluding hydrogens is 390 g/mol. The van der Waals surface area contributed by atoms with E-state index < -0.39 is 6.55 Å². The second kappa shape index (κ2) is 8.22. The van der Waals surface area contributed by atoms with E-state index in [0.717, 1.165) is 28.7 Å². The number of rotatable bonds is 5. The number of benzene rings is 2. The standard InChI is InChI=1S/C22H22F2N4O2/c1-14-11-12-16-7-3-5-9-18(16)27(14)20(29)13-30-26-15(2)21-25-17-8-4-6-10-19(17)28(21)22(23)24/h3-10,14,22H,11-13H2,1-2H3/b26-15+. The monoisotopic (exact) mass is 412 g/mol. The quantitative estimate of drug-likeness (QED) is 0.457. The molecule has 0 fully saturated rings. The molecule has 1 atom stereocenters. The molecule has 156 valence electrons. The number of amides is 1. The lowest BCUT2D eigenvalue weighted by molar-refractivity contribution is -0.123. The number of imidazole rings is 1. The molecule has 0 radical (unpaired) electrons. The summed E-state index contributed by atoms with van der Waals surface area (Å²) in [6, 6.07) is 14.5. The Kier molecular flexibility index (Phi) is 5.48. The van der Waals surface area contributed by atoms with Gasteiger partial charge in [-0.15, -0.1) is 0 Å². The van der Waals surface area contributed by atoms with Crippen molar-refractivity contribution in [1.82, 2.24) is 9.55 Å². The molecular formula is C22H22F2N4O2. The van der Waals surface area contributed by atoms with Gasteiger partial charge in [-0.3, -0.25) is 9.36 Å². The van der Waals surface area contributed by atoms with Crippen LogP contribution >= 0.6 is 0 Å². The van der Waals surface area contributed by atoms with Crippen molar-refractivity contribution < 1.29 is 18.4 Å². The molecule has 8 heteroatoms. The van der Waals surface area contributed by atoms with Crippen molar-refractivity contribution in [2.24, 2.45) is 5.16 Å². The number of para-hydroxylation sites is 3. The van der Waals surface area contributed by atoms with Gasteiger partial charge in [0.25, 0.3) is 5.91 Å². The first-order chi connectivity index (χ1) is 14.5. The van der Waals surface area contributed by atoms with Crippen molar-refractivity contribution in [2.75, 3.05) is 11.5 Å².